The molecule has 28 heavy (non-hydrogen) atoms. The first-order valence-corrected chi connectivity index (χ1v) is 10.9. The van der Waals surface area contributed by atoms with E-state index in [4.69, 9.17) is 9.47 Å². The number of carbonyl (C=O) groups excluding carboxylic acids is 1. The fraction of sp³-hybridized carbons (Fsp3) is 0.500. The summed E-state index contributed by atoms with van der Waals surface area (Å²) in [5, 5.41) is 2.10. The van der Waals surface area contributed by atoms with Crippen molar-refractivity contribution in [2.75, 3.05) is 33.9 Å². The van der Waals surface area contributed by atoms with Gasteiger partial charge in [-0.2, -0.15) is 0 Å². The minimum Gasteiger partial charge on any atom is -0.497 e. The van der Waals surface area contributed by atoms with Crippen LogP contribution in [-0.2, 0) is 4.79 Å². The highest BCUT2D eigenvalue weighted by Crippen LogP contribution is 2.40. The molecule has 2 fully saturated rings. The number of rotatable bonds is 6. The Hall–Kier alpha value is -2.05. The van der Waals surface area contributed by atoms with Crippen LogP contribution >= 0.6 is 11.3 Å². The van der Waals surface area contributed by atoms with E-state index in [-0.39, 0.29) is 18.0 Å². The summed E-state index contributed by atoms with van der Waals surface area (Å²) >= 11 is 1.75. The van der Waals surface area contributed by atoms with E-state index in [1.807, 2.05) is 12.1 Å². The molecule has 1 amide bonds. The first-order chi connectivity index (χ1) is 13.7. The molecule has 0 saturated carbocycles. The second-order valence-corrected chi connectivity index (χ2v) is 8.48. The number of hydrogen-bond acceptors (Lipinski definition) is 5. The molecule has 0 bridgehead atoms. The Bertz CT molecular complexity index is 808. The molecule has 0 unspecified atom stereocenters. The van der Waals surface area contributed by atoms with Crippen molar-refractivity contribution in [2.24, 2.45) is 0 Å². The highest BCUT2D eigenvalue weighted by molar-refractivity contribution is 7.10. The first kappa shape index (κ1) is 19.3. The summed E-state index contributed by atoms with van der Waals surface area (Å²) in [5.74, 6) is 1.93. The van der Waals surface area contributed by atoms with Crippen LogP contribution in [-0.4, -0.2) is 49.6 Å². The minimum atomic E-state index is 0.191. The third-order valence-corrected chi connectivity index (χ3v) is 6.92. The topological polar surface area (TPSA) is 42.0 Å². The van der Waals surface area contributed by atoms with E-state index in [9.17, 15) is 4.79 Å². The van der Waals surface area contributed by atoms with Crippen molar-refractivity contribution in [1.82, 2.24) is 9.80 Å². The van der Waals surface area contributed by atoms with Crippen LogP contribution in [0.5, 0.6) is 11.5 Å². The molecule has 4 rings (SSSR count). The predicted molar refractivity (Wildman–Crippen MR) is 111 cm³/mol. The van der Waals surface area contributed by atoms with E-state index >= 15 is 0 Å². The lowest BCUT2D eigenvalue weighted by molar-refractivity contribution is -0.133. The molecule has 0 radical (unpaired) electrons. The molecule has 0 N–H and O–H groups in total. The van der Waals surface area contributed by atoms with Gasteiger partial charge in [-0.15, -0.1) is 11.3 Å². The molecule has 0 spiro atoms. The Morgan fingerprint density at radius 1 is 1.11 bits per heavy atom. The molecule has 0 aliphatic carbocycles. The van der Waals surface area contributed by atoms with Gasteiger partial charge in [0, 0.05) is 23.0 Å². The number of benzene rings is 1. The molecule has 2 aliphatic rings. The number of ether oxygens (including phenoxy) is 2. The van der Waals surface area contributed by atoms with Crippen LogP contribution in [0.2, 0.25) is 0 Å². The maximum Gasteiger partial charge on any atom is 0.237 e. The second-order valence-electron chi connectivity index (χ2n) is 7.50. The number of nitrogens with zero attached hydrogens (tertiary/aromatic N) is 2. The Balaban J connectivity index is 1.51. The monoisotopic (exact) mass is 400 g/mol. The van der Waals surface area contributed by atoms with Gasteiger partial charge in [0.15, 0.2) is 0 Å². The van der Waals surface area contributed by atoms with E-state index in [1.165, 1.54) is 4.88 Å². The highest BCUT2D eigenvalue weighted by Gasteiger charge is 2.35. The molecular weight excluding hydrogens is 372 g/mol. The maximum absolute atomic E-state index is 13.2. The normalized spacial score (nSPS) is 22.6. The Morgan fingerprint density at radius 2 is 1.93 bits per heavy atom. The van der Waals surface area contributed by atoms with Crippen LogP contribution in [0.15, 0.2) is 35.7 Å². The number of thiophene rings is 1. The molecule has 1 aromatic heterocycles. The summed E-state index contributed by atoms with van der Waals surface area (Å²) in [7, 11) is 3.38. The van der Waals surface area contributed by atoms with Crippen LogP contribution in [0.3, 0.4) is 0 Å². The third-order valence-electron chi connectivity index (χ3n) is 5.94. The summed E-state index contributed by atoms with van der Waals surface area (Å²) in [5.41, 5.74) is 1.11. The van der Waals surface area contributed by atoms with Gasteiger partial charge in [-0.3, -0.25) is 9.69 Å². The number of methoxy groups -OCH3 is 2. The molecule has 2 aliphatic heterocycles. The Labute approximate surface area is 170 Å². The lowest BCUT2D eigenvalue weighted by atomic mass is 10.0. The lowest BCUT2D eigenvalue weighted by Crippen LogP contribution is -2.39. The largest absolute Gasteiger partial charge is 0.497 e. The van der Waals surface area contributed by atoms with Crippen LogP contribution < -0.4 is 9.47 Å². The van der Waals surface area contributed by atoms with Crippen molar-refractivity contribution >= 4 is 17.2 Å². The summed E-state index contributed by atoms with van der Waals surface area (Å²) in [6, 6.07) is 10.6. The van der Waals surface area contributed by atoms with Gasteiger partial charge in [-0.25, -0.2) is 0 Å². The molecular formula is C22H28N2O3S. The zero-order valence-corrected chi connectivity index (χ0v) is 17.4. The molecule has 2 aromatic rings. The molecule has 2 saturated heterocycles. The van der Waals surface area contributed by atoms with Gasteiger partial charge in [0.25, 0.3) is 0 Å². The van der Waals surface area contributed by atoms with Crippen molar-refractivity contribution in [2.45, 2.75) is 37.8 Å². The van der Waals surface area contributed by atoms with Gasteiger partial charge in [0.1, 0.15) is 11.5 Å². The summed E-state index contributed by atoms with van der Waals surface area (Å²) in [6.45, 7) is 2.27. The van der Waals surface area contributed by atoms with Crippen molar-refractivity contribution in [3.05, 3.63) is 46.2 Å². The van der Waals surface area contributed by atoms with E-state index in [1.54, 1.807) is 25.6 Å². The van der Waals surface area contributed by atoms with E-state index in [0.29, 0.717) is 6.54 Å². The standard InChI is InChI=1S/C22H28N2O3S/c1-26-16-9-10-20(27-2)17(14-16)18-6-3-11-23(18)15-22(25)24-12-4-7-19(24)21-8-5-13-28-21/h5,8-10,13-14,18-19H,3-4,6-7,11-12,15H2,1-2H3/t18-,19-/m1/s1. The molecule has 5 nitrogen and oxygen atoms in total. The fourth-order valence-corrected chi connectivity index (χ4v) is 5.45. The van der Waals surface area contributed by atoms with E-state index in [0.717, 1.165) is 55.8 Å². The highest BCUT2D eigenvalue weighted by atomic mass is 32.1. The third kappa shape index (κ3) is 3.76. The van der Waals surface area contributed by atoms with Gasteiger partial charge in [0.05, 0.1) is 26.8 Å². The number of carbonyl (C=O) groups is 1. The van der Waals surface area contributed by atoms with Crippen molar-refractivity contribution in [3.8, 4) is 11.5 Å². The molecule has 1 aromatic carbocycles. The Kier molecular flexibility index (Phi) is 5.87. The van der Waals surface area contributed by atoms with Crippen LogP contribution in [0.25, 0.3) is 0 Å². The zero-order valence-electron chi connectivity index (χ0n) is 16.6. The summed E-state index contributed by atoms with van der Waals surface area (Å²) in [4.78, 5) is 18.9. The molecule has 2 atom stereocenters. The van der Waals surface area contributed by atoms with Crippen molar-refractivity contribution in [1.29, 1.82) is 0 Å². The van der Waals surface area contributed by atoms with Gasteiger partial charge in [-0.05, 0) is 61.9 Å². The summed E-state index contributed by atoms with van der Waals surface area (Å²) < 4.78 is 11.0. The lowest BCUT2D eigenvalue weighted by Gasteiger charge is -2.30. The van der Waals surface area contributed by atoms with Crippen LogP contribution in [0.1, 0.15) is 48.2 Å². The van der Waals surface area contributed by atoms with Gasteiger partial charge in [-0.1, -0.05) is 6.07 Å². The number of likely N-dealkylation sites (tertiary alicyclic amines) is 2. The van der Waals surface area contributed by atoms with Crippen LogP contribution in [0.4, 0.5) is 0 Å². The summed E-state index contributed by atoms with van der Waals surface area (Å²) in [6.07, 6.45) is 4.28. The van der Waals surface area contributed by atoms with E-state index in [2.05, 4.69) is 33.4 Å². The maximum atomic E-state index is 13.2. The van der Waals surface area contributed by atoms with Crippen molar-refractivity contribution in [3.63, 3.8) is 0 Å². The van der Waals surface area contributed by atoms with Gasteiger partial charge < -0.3 is 14.4 Å². The van der Waals surface area contributed by atoms with Crippen molar-refractivity contribution < 1.29 is 14.3 Å². The molecule has 150 valence electrons. The molecule has 3 heterocycles. The number of hydrogen-bond donors (Lipinski definition) is 0. The second kappa shape index (κ2) is 8.53. The quantitative estimate of drug-likeness (QED) is 0.726. The fourth-order valence-electron chi connectivity index (χ4n) is 4.57. The van der Waals surface area contributed by atoms with Gasteiger partial charge >= 0.3 is 0 Å². The minimum absolute atomic E-state index is 0.191. The van der Waals surface area contributed by atoms with Gasteiger partial charge in [0.2, 0.25) is 5.91 Å². The first-order valence-electron chi connectivity index (χ1n) is 10.00. The predicted octanol–water partition coefficient (Wildman–Crippen LogP) is 4.27. The SMILES string of the molecule is COc1ccc(OC)c([C@H]2CCCN2CC(=O)N2CCC[C@@H]2c2cccs2)c1. The van der Waals surface area contributed by atoms with Crippen LogP contribution in [0, 0.1) is 0 Å². The number of amides is 1. The van der Waals surface area contributed by atoms with E-state index < -0.39 is 0 Å². The smallest absolute Gasteiger partial charge is 0.237 e. The molecule has 6 heteroatoms. The Morgan fingerprint density at radius 3 is 2.68 bits per heavy atom. The average molecular weight is 401 g/mol. The average Bonchev–Trinajstić information content (AvgIpc) is 3.47. The zero-order chi connectivity index (χ0) is 19.5.